The molecule has 5 heteroatoms. The average molecular weight is 303 g/mol. The van der Waals surface area contributed by atoms with Crippen molar-refractivity contribution >= 4 is 23.2 Å². The van der Waals surface area contributed by atoms with Gasteiger partial charge in [0, 0.05) is 17.1 Å². The smallest absolute Gasteiger partial charge is 0.123 e. The number of hydrogen-bond acceptors (Lipinski definition) is 5. The summed E-state index contributed by atoms with van der Waals surface area (Å²) in [5.74, 6) is 0.962. The Morgan fingerprint density at radius 3 is 3.00 bits per heavy atom. The molecule has 0 radical (unpaired) electrons. The van der Waals surface area contributed by atoms with E-state index in [-0.39, 0.29) is 12.2 Å². The minimum Gasteiger partial charge on any atom is -0.467 e. The number of nitrogens with two attached hydrogens (primary N) is 1. The minimum atomic E-state index is 0.124. The predicted molar refractivity (Wildman–Crippen MR) is 88.4 cm³/mol. The van der Waals surface area contributed by atoms with Crippen LogP contribution in [0.2, 0.25) is 0 Å². The molecule has 0 fully saturated rings. The molecule has 3 rings (SSSR count). The van der Waals surface area contributed by atoms with Crippen LogP contribution in [0.5, 0.6) is 0 Å². The summed E-state index contributed by atoms with van der Waals surface area (Å²) in [4.78, 5) is 9.51. The highest BCUT2D eigenvalue weighted by Gasteiger charge is 2.26. The Morgan fingerprint density at radius 2 is 2.33 bits per heavy atom. The van der Waals surface area contributed by atoms with Gasteiger partial charge in [-0.1, -0.05) is 0 Å². The van der Waals surface area contributed by atoms with E-state index in [2.05, 4.69) is 30.7 Å². The van der Waals surface area contributed by atoms with E-state index < -0.39 is 0 Å². The van der Waals surface area contributed by atoms with E-state index in [0.717, 1.165) is 18.7 Å². The third-order valence-corrected chi connectivity index (χ3v) is 5.04. The van der Waals surface area contributed by atoms with Gasteiger partial charge in [-0.15, -0.1) is 11.3 Å². The molecule has 1 aliphatic heterocycles. The third kappa shape index (κ3) is 2.76. The summed E-state index contributed by atoms with van der Waals surface area (Å²) in [5, 5.41) is 0. The van der Waals surface area contributed by atoms with Gasteiger partial charge >= 0.3 is 0 Å². The maximum atomic E-state index is 5.97. The summed E-state index contributed by atoms with van der Waals surface area (Å²) < 4.78 is 5.50. The largest absolute Gasteiger partial charge is 0.467 e. The van der Waals surface area contributed by atoms with Crippen LogP contribution in [0.25, 0.3) is 0 Å². The molecule has 0 aliphatic carbocycles. The minimum absolute atomic E-state index is 0.124. The van der Waals surface area contributed by atoms with Gasteiger partial charge in [0.05, 0.1) is 23.4 Å². The summed E-state index contributed by atoms with van der Waals surface area (Å²) >= 11 is 1.81. The number of nitrogens with zero attached hydrogens (tertiary/aromatic N) is 2. The molecule has 2 aromatic rings. The van der Waals surface area contributed by atoms with Gasteiger partial charge in [-0.25, -0.2) is 0 Å². The van der Waals surface area contributed by atoms with Crippen molar-refractivity contribution in [3.8, 4) is 0 Å². The van der Waals surface area contributed by atoms with E-state index in [1.807, 2.05) is 29.7 Å². The van der Waals surface area contributed by atoms with E-state index in [1.54, 1.807) is 6.26 Å². The topological polar surface area (TPSA) is 54.8 Å². The van der Waals surface area contributed by atoms with Crippen LogP contribution in [0, 0.1) is 6.92 Å². The molecule has 0 amide bonds. The molecule has 112 valence electrons. The van der Waals surface area contributed by atoms with Crippen molar-refractivity contribution in [1.82, 2.24) is 0 Å². The highest BCUT2D eigenvalue weighted by Crippen LogP contribution is 2.39. The number of rotatable bonds is 4. The molecule has 1 unspecified atom stereocenters. The molecule has 0 spiro atoms. The quantitative estimate of drug-likeness (QED) is 0.942. The van der Waals surface area contributed by atoms with E-state index in [9.17, 15) is 0 Å². The van der Waals surface area contributed by atoms with Crippen LogP contribution in [0.15, 0.2) is 27.8 Å². The standard InChI is InChI=1S/C16H21N3OS/c1-10(17)7-14-11(2)16-15(21-14)8-18-12(3)19(16)9-13-5-4-6-20-13/h4-6,8,10,12H,7,9,17H2,1-3H3/t10-,12?/m0/s1. The van der Waals surface area contributed by atoms with E-state index in [0.29, 0.717) is 0 Å². The van der Waals surface area contributed by atoms with Crippen LogP contribution < -0.4 is 10.6 Å². The summed E-state index contributed by atoms with van der Waals surface area (Å²) in [6.45, 7) is 7.10. The second kappa shape index (κ2) is 5.66. The molecule has 4 nitrogen and oxygen atoms in total. The first-order valence-corrected chi connectivity index (χ1v) is 8.08. The fourth-order valence-corrected chi connectivity index (χ4v) is 4.07. The van der Waals surface area contributed by atoms with Crippen molar-refractivity contribution in [3.05, 3.63) is 39.5 Å². The number of hydrogen-bond donors (Lipinski definition) is 1. The van der Waals surface area contributed by atoms with Crippen molar-refractivity contribution in [2.24, 2.45) is 10.7 Å². The molecule has 21 heavy (non-hydrogen) atoms. The molecule has 2 aromatic heterocycles. The predicted octanol–water partition coefficient (Wildman–Crippen LogP) is 3.32. The van der Waals surface area contributed by atoms with Crippen LogP contribution in [-0.2, 0) is 13.0 Å². The van der Waals surface area contributed by atoms with E-state index in [1.165, 1.54) is 21.0 Å². The highest BCUT2D eigenvalue weighted by molar-refractivity contribution is 7.14. The van der Waals surface area contributed by atoms with Crippen LogP contribution in [0.3, 0.4) is 0 Å². The first kappa shape index (κ1) is 14.4. The number of thiophene rings is 1. The number of fused-ring (bicyclic) bond motifs is 1. The maximum Gasteiger partial charge on any atom is 0.123 e. The summed E-state index contributed by atoms with van der Waals surface area (Å²) in [6.07, 6.45) is 4.76. The Morgan fingerprint density at radius 1 is 1.52 bits per heavy atom. The Hall–Kier alpha value is -1.59. The summed E-state index contributed by atoms with van der Waals surface area (Å²) in [6, 6.07) is 4.11. The lowest BCUT2D eigenvalue weighted by Crippen LogP contribution is -2.34. The van der Waals surface area contributed by atoms with Crippen LogP contribution in [0.4, 0.5) is 5.69 Å². The summed E-state index contributed by atoms with van der Waals surface area (Å²) in [7, 11) is 0. The molecule has 3 heterocycles. The number of furan rings is 1. The molecule has 2 atom stereocenters. The van der Waals surface area contributed by atoms with Crippen molar-refractivity contribution in [3.63, 3.8) is 0 Å². The number of aliphatic imine (C=N–C) groups is 1. The SMILES string of the molecule is Cc1c(C[C@H](C)N)sc2c1N(Cc1ccco1)C(C)N=C2. The second-order valence-corrected chi connectivity index (χ2v) is 6.80. The average Bonchev–Trinajstić information content (AvgIpc) is 3.02. The lowest BCUT2D eigenvalue weighted by Gasteiger charge is -2.31. The van der Waals surface area contributed by atoms with Crippen molar-refractivity contribution in [2.45, 2.75) is 45.9 Å². The maximum absolute atomic E-state index is 5.97. The Balaban J connectivity index is 1.96. The first-order valence-electron chi connectivity index (χ1n) is 7.26. The van der Waals surface area contributed by atoms with Crippen LogP contribution in [-0.4, -0.2) is 18.4 Å². The lowest BCUT2D eigenvalue weighted by atomic mass is 10.1. The molecule has 2 N–H and O–H groups in total. The molecular weight excluding hydrogens is 282 g/mol. The fraction of sp³-hybridized carbons (Fsp3) is 0.438. The van der Waals surface area contributed by atoms with E-state index in [4.69, 9.17) is 10.2 Å². The second-order valence-electron chi connectivity index (χ2n) is 5.66. The molecule has 0 saturated heterocycles. The molecule has 0 aromatic carbocycles. The van der Waals surface area contributed by atoms with Gasteiger partial charge in [-0.3, -0.25) is 4.99 Å². The van der Waals surface area contributed by atoms with Crippen molar-refractivity contribution in [2.75, 3.05) is 4.90 Å². The zero-order valence-electron chi connectivity index (χ0n) is 12.7. The molecular formula is C16H21N3OS. The molecule has 1 aliphatic rings. The van der Waals surface area contributed by atoms with Crippen molar-refractivity contribution in [1.29, 1.82) is 0 Å². The fourth-order valence-electron chi connectivity index (χ4n) is 2.73. The van der Waals surface area contributed by atoms with Gasteiger partial charge in [-0.05, 0) is 44.9 Å². The first-order chi connectivity index (χ1) is 10.1. The summed E-state index contributed by atoms with van der Waals surface area (Å²) in [5.41, 5.74) is 8.58. The normalized spacial score (nSPS) is 18.9. The lowest BCUT2D eigenvalue weighted by molar-refractivity contribution is 0.490. The van der Waals surface area contributed by atoms with Gasteiger partial charge in [0.2, 0.25) is 0 Å². The van der Waals surface area contributed by atoms with Gasteiger partial charge in [-0.2, -0.15) is 0 Å². The highest BCUT2D eigenvalue weighted by atomic mass is 32.1. The van der Waals surface area contributed by atoms with Gasteiger partial charge < -0.3 is 15.1 Å². The Kier molecular flexibility index (Phi) is 3.87. The van der Waals surface area contributed by atoms with Crippen molar-refractivity contribution < 1.29 is 4.42 Å². The van der Waals surface area contributed by atoms with Gasteiger partial charge in [0.25, 0.3) is 0 Å². The van der Waals surface area contributed by atoms with E-state index >= 15 is 0 Å². The number of anilines is 1. The Bertz CT molecular complexity index is 643. The zero-order valence-corrected chi connectivity index (χ0v) is 13.5. The molecule has 0 saturated carbocycles. The molecule has 0 bridgehead atoms. The zero-order chi connectivity index (χ0) is 15.0. The monoisotopic (exact) mass is 303 g/mol. The van der Waals surface area contributed by atoms with Gasteiger partial charge in [0.1, 0.15) is 11.9 Å². The van der Waals surface area contributed by atoms with Gasteiger partial charge in [0.15, 0.2) is 0 Å². The van der Waals surface area contributed by atoms with Crippen LogP contribution >= 0.6 is 11.3 Å². The Labute approximate surface area is 129 Å². The third-order valence-electron chi connectivity index (χ3n) is 3.80. The van der Waals surface area contributed by atoms with Crippen LogP contribution in [0.1, 0.15) is 34.9 Å².